The molecule has 0 radical (unpaired) electrons. The molecule has 5 atom stereocenters. The van der Waals surface area contributed by atoms with Crippen molar-refractivity contribution in [2.45, 2.75) is 329 Å². The lowest BCUT2D eigenvalue weighted by atomic mass is 10.1. The van der Waals surface area contributed by atoms with Crippen LogP contribution in [0.3, 0.4) is 0 Å². The summed E-state index contributed by atoms with van der Waals surface area (Å²) in [4.78, 5) is 72.5. The Hall–Kier alpha value is -3.50. The number of hydrogen-bond donors (Lipinski definition) is 3. The number of carbonyl (C=O) groups is 4. The lowest BCUT2D eigenvalue weighted by molar-refractivity contribution is -0.161. The predicted molar refractivity (Wildman–Crippen MR) is 372 cm³/mol. The maximum Gasteiger partial charge on any atom is 0.472 e. The highest BCUT2D eigenvalue weighted by atomic mass is 31.2. The zero-order valence-electron chi connectivity index (χ0n) is 58.0. The molecule has 0 fully saturated rings. The van der Waals surface area contributed by atoms with Gasteiger partial charge >= 0.3 is 39.5 Å². The summed E-state index contributed by atoms with van der Waals surface area (Å²) in [6.45, 7) is 4.65. The molecule has 0 aliphatic heterocycles. The van der Waals surface area contributed by atoms with Crippen LogP contribution in [-0.4, -0.2) is 96.7 Å². The first-order valence-electron chi connectivity index (χ1n) is 36.2. The Kier molecular flexibility index (Phi) is 63.6. The Labute approximate surface area is 558 Å². The van der Waals surface area contributed by atoms with E-state index in [1.54, 1.807) is 0 Å². The third-order valence-electron chi connectivity index (χ3n) is 15.2. The molecule has 19 heteroatoms. The number of aliphatic hydroxyl groups is 1. The van der Waals surface area contributed by atoms with Gasteiger partial charge in [-0.1, -0.05) is 248 Å². The molecule has 92 heavy (non-hydrogen) atoms. The molecule has 17 nitrogen and oxygen atoms in total. The van der Waals surface area contributed by atoms with Gasteiger partial charge in [-0.15, -0.1) is 0 Å². The molecule has 0 spiro atoms. The van der Waals surface area contributed by atoms with Crippen LogP contribution >= 0.6 is 15.6 Å². The zero-order chi connectivity index (χ0) is 67.5. The third-order valence-corrected chi connectivity index (χ3v) is 17.1. The first-order chi connectivity index (χ1) is 44.7. The minimum Gasteiger partial charge on any atom is -0.462 e. The van der Waals surface area contributed by atoms with Gasteiger partial charge in [0.2, 0.25) is 0 Å². The number of esters is 4. The summed E-state index contributed by atoms with van der Waals surface area (Å²) in [5.74, 6) is -2.22. The number of ether oxygens (including phenoxy) is 4. The second-order valence-electron chi connectivity index (χ2n) is 24.2. The standard InChI is InChI=1S/C73H130O17P2/c1-5-9-13-17-21-25-29-31-33-35-39-42-46-50-54-58-71(76)84-64-69(90-73(78)60-56-52-48-44-40-36-34-32-30-26-22-18-14-10-6-2)66-88-92(81,82)86-62-67(74)61-85-91(79,80)87-65-68(89-72(77)59-55-51-47-43-38-28-24-20-16-12-8-4)63-83-70(75)57-53-49-45-41-37-27-23-19-15-11-7-3/h9,13,19,21,23,25,31-34,39,42,67-69,74H,5-8,10-12,14-18,20,22,24,26-30,35-38,40-41,43-66H2,1-4H3,(H,79,80)(H,81,82)/b13-9-,23-19-,25-21-,33-31-,34-32-,42-39-. The lowest BCUT2D eigenvalue weighted by Gasteiger charge is -2.21. The van der Waals surface area contributed by atoms with Crippen LogP contribution < -0.4 is 0 Å². The molecule has 0 bridgehead atoms. The fraction of sp³-hybridized carbons (Fsp3) is 0.781. The fourth-order valence-corrected chi connectivity index (χ4v) is 11.2. The molecule has 0 aromatic carbocycles. The van der Waals surface area contributed by atoms with Gasteiger partial charge in [-0.3, -0.25) is 37.3 Å². The maximum absolute atomic E-state index is 13.0. The van der Waals surface area contributed by atoms with Gasteiger partial charge in [0.1, 0.15) is 19.3 Å². The molecule has 0 aliphatic carbocycles. The van der Waals surface area contributed by atoms with Gasteiger partial charge in [-0.2, -0.15) is 0 Å². The smallest absolute Gasteiger partial charge is 0.462 e. The highest BCUT2D eigenvalue weighted by Crippen LogP contribution is 2.45. The van der Waals surface area contributed by atoms with E-state index in [9.17, 15) is 43.2 Å². The van der Waals surface area contributed by atoms with Crippen molar-refractivity contribution in [2.75, 3.05) is 39.6 Å². The summed E-state index contributed by atoms with van der Waals surface area (Å²) in [5.41, 5.74) is 0. The predicted octanol–water partition coefficient (Wildman–Crippen LogP) is 20.1. The molecule has 0 saturated heterocycles. The van der Waals surface area contributed by atoms with Crippen LogP contribution in [0.2, 0.25) is 0 Å². The molecule has 0 aromatic heterocycles. The van der Waals surface area contributed by atoms with Crippen LogP contribution in [0, 0.1) is 0 Å². The highest BCUT2D eigenvalue weighted by molar-refractivity contribution is 7.47. The summed E-state index contributed by atoms with van der Waals surface area (Å²) in [5, 5.41) is 10.6. The van der Waals surface area contributed by atoms with Gasteiger partial charge in [0, 0.05) is 25.7 Å². The van der Waals surface area contributed by atoms with Crippen LogP contribution in [-0.2, 0) is 65.4 Å². The number of phosphoric ester groups is 2. The average Bonchev–Trinajstić information content (AvgIpc) is 2.93. The van der Waals surface area contributed by atoms with Crippen molar-refractivity contribution in [3.8, 4) is 0 Å². The summed E-state index contributed by atoms with van der Waals surface area (Å²) < 4.78 is 68.2. The van der Waals surface area contributed by atoms with E-state index in [1.807, 2.05) is 0 Å². The van der Waals surface area contributed by atoms with Crippen LogP contribution in [0.1, 0.15) is 310 Å². The Morgan fingerprint density at radius 1 is 0.315 bits per heavy atom. The first-order valence-corrected chi connectivity index (χ1v) is 39.2. The fourth-order valence-electron chi connectivity index (χ4n) is 9.60. The SMILES string of the molecule is CC/C=C\C/C=C\C/C=C\C/C=C\CCCCC(=O)OCC(COP(=O)(O)OCC(O)COP(=O)(O)OCC(COC(=O)CCCCCCC/C=C\CCCC)OC(=O)CCCCCCCCCCCCC)OC(=O)CCCCCCC/C=C\CCCCCCCC. The number of aliphatic hydroxyl groups excluding tert-OH is 1. The van der Waals surface area contributed by atoms with E-state index in [4.69, 9.17) is 37.0 Å². The summed E-state index contributed by atoms with van der Waals surface area (Å²) in [6.07, 6.45) is 63.5. The third kappa shape index (κ3) is 65.2. The quantitative estimate of drug-likeness (QED) is 0.0169. The number of rotatable bonds is 68. The van der Waals surface area contributed by atoms with Crippen molar-refractivity contribution in [2.24, 2.45) is 0 Å². The summed E-state index contributed by atoms with van der Waals surface area (Å²) in [7, 11) is -9.94. The van der Waals surface area contributed by atoms with E-state index in [1.165, 1.54) is 89.9 Å². The number of phosphoric acid groups is 2. The second kappa shape index (κ2) is 66.1. The van der Waals surface area contributed by atoms with Crippen molar-refractivity contribution < 1.29 is 80.2 Å². The molecule has 0 aliphatic rings. The first kappa shape index (κ1) is 88.5. The molecule has 534 valence electrons. The molecular formula is C73H130O17P2. The minimum atomic E-state index is -4.98. The maximum atomic E-state index is 13.0. The van der Waals surface area contributed by atoms with Gasteiger partial charge in [0.05, 0.1) is 26.4 Å². The number of allylic oxidation sites excluding steroid dienone is 12. The summed E-state index contributed by atoms with van der Waals surface area (Å²) in [6, 6.07) is 0. The summed E-state index contributed by atoms with van der Waals surface area (Å²) >= 11 is 0. The number of hydrogen-bond acceptors (Lipinski definition) is 15. The van der Waals surface area contributed by atoms with Crippen molar-refractivity contribution in [1.29, 1.82) is 0 Å². The van der Waals surface area contributed by atoms with Crippen LogP contribution in [0.25, 0.3) is 0 Å². The lowest BCUT2D eigenvalue weighted by Crippen LogP contribution is -2.30. The second-order valence-corrected chi connectivity index (χ2v) is 27.1. The molecule has 0 amide bonds. The van der Waals surface area contributed by atoms with E-state index in [0.717, 1.165) is 141 Å². The Morgan fingerprint density at radius 3 is 0.935 bits per heavy atom. The molecule has 3 N–H and O–H groups in total. The highest BCUT2D eigenvalue weighted by Gasteiger charge is 2.30. The van der Waals surface area contributed by atoms with Gasteiger partial charge < -0.3 is 33.8 Å². The van der Waals surface area contributed by atoms with Crippen LogP contribution in [0.4, 0.5) is 0 Å². The Bertz CT molecular complexity index is 2040. The normalized spacial score (nSPS) is 14.5. The van der Waals surface area contributed by atoms with Crippen molar-refractivity contribution in [3.63, 3.8) is 0 Å². The topological polar surface area (TPSA) is 237 Å². The molecule has 0 aromatic rings. The van der Waals surface area contributed by atoms with E-state index in [-0.39, 0.29) is 25.7 Å². The van der Waals surface area contributed by atoms with E-state index in [0.29, 0.717) is 25.7 Å². The Morgan fingerprint density at radius 2 is 0.576 bits per heavy atom. The molecule has 0 rings (SSSR count). The van der Waals surface area contributed by atoms with Crippen molar-refractivity contribution >= 4 is 39.5 Å². The van der Waals surface area contributed by atoms with E-state index < -0.39 is 97.5 Å². The van der Waals surface area contributed by atoms with Crippen molar-refractivity contribution in [3.05, 3.63) is 72.9 Å². The number of unbranched alkanes of at least 4 members (excludes halogenated alkanes) is 30. The molecule has 0 saturated carbocycles. The van der Waals surface area contributed by atoms with Gasteiger partial charge in [-0.05, 0) is 109 Å². The molecule has 5 unspecified atom stereocenters. The van der Waals surface area contributed by atoms with Crippen LogP contribution in [0.15, 0.2) is 72.9 Å². The number of carbonyl (C=O) groups excluding carboxylic acids is 4. The Balaban J connectivity index is 5.35. The molecule has 0 heterocycles. The average molecular weight is 1340 g/mol. The monoisotopic (exact) mass is 1340 g/mol. The molecular weight excluding hydrogens is 1210 g/mol. The van der Waals surface area contributed by atoms with Gasteiger partial charge in [-0.25, -0.2) is 9.13 Å². The zero-order valence-corrected chi connectivity index (χ0v) is 59.8. The minimum absolute atomic E-state index is 0.0781. The van der Waals surface area contributed by atoms with Crippen LogP contribution in [0.5, 0.6) is 0 Å². The van der Waals surface area contributed by atoms with Gasteiger partial charge in [0.25, 0.3) is 0 Å². The largest absolute Gasteiger partial charge is 0.472 e. The van der Waals surface area contributed by atoms with Crippen molar-refractivity contribution in [1.82, 2.24) is 0 Å². The van der Waals surface area contributed by atoms with E-state index in [2.05, 4.69) is 101 Å². The van der Waals surface area contributed by atoms with E-state index >= 15 is 0 Å². The van der Waals surface area contributed by atoms with Gasteiger partial charge in [0.15, 0.2) is 12.2 Å².